The minimum Gasteiger partial charge on any atom is -0.315 e. The maximum Gasteiger partial charge on any atom is 0.123 e. The number of benzene rings is 1. The van der Waals surface area contributed by atoms with Crippen LogP contribution in [0.2, 0.25) is 10.0 Å². The molecule has 108 valence electrons. The van der Waals surface area contributed by atoms with Crippen LogP contribution < -0.4 is 5.32 Å². The van der Waals surface area contributed by atoms with Crippen LogP contribution in [0.1, 0.15) is 24.4 Å². The lowest BCUT2D eigenvalue weighted by Gasteiger charge is -2.03. The largest absolute Gasteiger partial charge is 0.315 e. The summed E-state index contributed by atoms with van der Waals surface area (Å²) in [5.41, 5.74) is 2.21. The van der Waals surface area contributed by atoms with Crippen molar-refractivity contribution in [3.63, 3.8) is 0 Å². The van der Waals surface area contributed by atoms with E-state index in [2.05, 4.69) is 19.2 Å². The zero-order valence-corrected chi connectivity index (χ0v) is 14.2. The topological polar surface area (TPSA) is 24.9 Å². The van der Waals surface area contributed by atoms with Gasteiger partial charge < -0.3 is 5.32 Å². The zero-order valence-electron chi connectivity index (χ0n) is 11.8. The highest BCUT2D eigenvalue weighted by Crippen LogP contribution is 2.33. The minimum absolute atomic E-state index is 0.569. The maximum absolute atomic E-state index is 6.09. The first-order valence-electron chi connectivity index (χ1n) is 6.60. The molecule has 2 aromatic rings. The van der Waals surface area contributed by atoms with Gasteiger partial charge in [-0.2, -0.15) is 0 Å². The molecule has 0 spiro atoms. The van der Waals surface area contributed by atoms with Gasteiger partial charge in [0, 0.05) is 17.0 Å². The molecule has 0 saturated heterocycles. The Labute approximate surface area is 134 Å². The van der Waals surface area contributed by atoms with E-state index in [1.165, 1.54) is 10.6 Å². The van der Waals surface area contributed by atoms with E-state index >= 15 is 0 Å². The van der Waals surface area contributed by atoms with Gasteiger partial charge in [-0.25, -0.2) is 4.98 Å². The molecule has 0 amide bonds. The van der Waals surface area contributed by atoms with Crippen LogP contribution in [0.15, 0.2) is 18.2 Å². The first-order chi connectivity index (χ1) is 9.51. The van der Waals surface area contributed by atoms with E-state index in [1.807, 2.05) is 25.2 Å². The fourth-order valence-electron chi connectivity index (χ4n) is 1.98. The van der Waals surface area contributed by atoms with Crippen molar-refractivity contribution < 1.29 is 0 Å². The number of hydrogen-bond acceptors (Lipinski definition) is 3. The van der Waals surface area contributed by atoms with Gasteiger partial charge in [-0.1, -0.05) is 43.1 Å². The van der Waals surface area contributed by atoms with E-state index < -0.39 is 0 Å². The third-order valence-electron chi connectivity index (χ3n) is 2.88. The Balaban J connectivity index is 2.38. The molecule has 0 aliphatic carbocycles. The van der Waals surface area contributed by atoms with Gasteiger partial charge in [0.25, 0.3) is 0 Å². The van der Waals surface area contributed by atoms with E-state index in [-0.39, 0.29) is 0 Å². The summed E-state index contributed by atoms with van der Waals surface area (Å²) in [7, 11) is 1.96. The lowest BCUT2D eigenvalue weighted by atomic mass is 10.1. The Bertz CT molecular complexity index is 594. The smallest absolute Gasteiger partial charge is 0.123 e. The standard InChI is InChI=1S/C15H18Cl2N2S/c1-9(2)6-13-14(8-18-3)20-15(19-13)10-4-5-11(16)12(17)7-10/h4-5,7,9,18H,6,8H2,1-3H3. The van der Waals surface area contributed by atoms with Gasteiger partial charge in [0.2, 0.25) is 0 Å². The normalized spacial score (nSPS) is 11.3. The fourth-order valence-corrected chi connectivity index (χ4v) is 3.38. The number of rotatable bonds is 5. The molecule has 2 nitrogen and oxygen atoms in total. The van der Waals surface area contributed by atoms with Gasteiger partial charge in [-0.3, -0.25) is 0 Å². The molecule has 0 unspecified atom stereocenters. The summed E-state index contributed by atoms with van der Waals surface area (Å²) in [6.45, 7) is 5.27. The molecule has 0 aliphatic rings. The lowest BCUT2D eigenvalue weighted by molar-refractivity contribution is 0.631. The highest BCUT2D eigenvalue weighted by molar-refractivity contribution is 7.15. The number of nitrogens with one attached hydrogen (secondary N) is 1. The van der Waals surface area contributed by atoms with E-state index in [0.29, 0.717) is 16.0 Å². The summed E-state index contributed by atoms with van der Waals surface area (Å²) in [5, 5.41) is 5.35. The molecule has 5 heteroatoms. The van der Waals surface area contributed by atoms with Gasteiger partial charge in [-0.05, 0) is 31.5 Å². The van der Waals surface area contributed by atoms with E-state index in [1.54, 1.807) is 11.3 Å². The number of thiazole rings is 1. The van der Waals surface area contributed by atoms with Crippen molar-refractivity contribution in [2.24, 2.45) is 5.92 Å². The second-order valence-corrected chi connectivity index (χ2v) is 7.04. The average molecular weight is 329 g/mol. The van der Waals surface area contributed by atoms with Crippen LogP contribution in [0.4, 0.5) is 0 Å². The summed E-state index contributed by atoms with van der Waals surface area (Å²) in [5.74, 6) is 0.592. The Morgan fingerprint density at radius 1 is 1.25 bits per heavy atom. The SMILES string of the molecule is CNCc1sc(-c2ccc(Cl)c(Cl)c2)nc1CC(C)C. The zero-order chi connectivity index (χ0) is 14.7. The second-order valence-electron chi connectivity index (χ2n) is 5.15. The van der Waals surface area contributed by atoms with Crippen molar-refractivity contribution in [3.05, 3.63) is 38.8 Å². The number of halogens is 2. The van der Waals surface area contributed by atoms with Crippen LogP contribution in [0.25, 0.3) is 10.6 Å². The molecule has 0 bridgehead atoms. The summed E-state index contributed by atoms with van der Waals surface area (Å²) >= 11 is 13.8. The number of aromatic nitrogens is 1. The van der Waals surface area contributed by atoms with E-state index in [0.717, 1.165) is 23.5 Å². The Hall–Kier alpha value is -0.610. The van der Waals surface area contributed by atoms with Crippen molar-refractivity contribution in [2.75, 3.05) is 7.05 Å². The highest BCUT2D eigenvalue weighted by Gasteiger charge is 2.14. The molecule has 1 aromatic heterocycles. The van der Waals surface area contributed by atoms with Crippen LogP contribution in [-0.4, -0.2) is 12.0 Å². The van der Waals surface area contributed by atoms with E-state index in [9.17, 15) is 0 Å². The lowest BCUT2D eigenvalue weighted by Crippen LogP contribution is -2.07. The molecule has 0 aliphatic heterocycles. The average Bonchev–Trinajstić information content (AvgIpc) is 2.76. The van der Waals surface area contributed by atoms with Crippen molar-refractivity contribution in [1.82, 2.24) is 10.3 Å². The van der Waals surface area contributed by atoms with Crippen molar-refractivity contribution >= 4 is 34.5 Å². The molecule has 1 N–H and O–H groups in total. The van der Waals surface area contributed by atoms with Crippen molar-refractivity contribution in [3.8, 4) is 10.6 Å². The second kappa shape index (κ2) is 6.90. The third kappa shape index (κ3) is 3.73. The van der Waals surface area contributed by atoms with Crippen LogP contribution >= 0.6 is 34.5 Å². The number of hydrogen-bond donors (Lipinski definition) is 1. The molecular formula is C15H18Cl2N2S. The molecule has 2 rings (SSSR count). The molecule has 1 heterocycles. The van der Waals surface area contributed by atoms with Crippen molar-refractivity contribution in [2.45, 2.75) is 26.8 Å². The monoisotopic (exact) mass is 328 g/mol. The van der Waals surface area contributed by atoms with Crippen LogP contribution in [0, 0.1) is 5.92 Å². The molecular weight excluding hydrogens is 311 g/mol. The predicted molar refractivity (Wildman–Crippen MR) is 88.9 cm³/mol. The van der Waals surface area contributed by atoms with Gasteiger partial charge in [0.15, 0.2) is 0 Å². The molecule has 0 radical (unpaired) electrons. The number of nitrogens with zero attached hydrogens (tertiary/aromatic N) is 1. The van der Waals surface area contributed by atoms with Gasteiger partial charge in [0.1, 0.15) is 5.01 Å². The molecule has 0 fully saturated rings. The van der Waals surface area contributed by atoms with Crippen LogP contribution in [0.3, 0.4) is 0 Å². The fraction of sp³-hybridized carbons (Fsp3) is 0.400. The van der Waals surface area contributed by atoms with Gasteiger partial charge >= 0.3 is 0 Å². The maximum atomic E-state index is 6.09. The molecule has 1 aromatic carbocycles. The van der Waals surface area contributed by atoms with Gasteiger partial charge in [-0.15, -0.1) is 11.3 Å². The Morgan fingerprint density at radius 2 is 2.00 bits per heavy atom. The summed E-state index contributed by atoms with van der Waals surface area (Å²) in [6, 6.07) is 5.67. The quantitative estimate of drug-likeness (QED) is 0.832. The molecule has 0 atom stereocenters. The van der Waals surface area contributed by atoms with Crippen LogP contribution in [-0.2, 0) is 13.0 Å². The minimum atomic E-state index is 0.569. The van der Waals surface area contributed by atoms with Crippen molar-refractivity contribution in [1.29, 1.82) is 0 Å². The third-order valence-corrected chi connectivity index (χ3v) is 4.77. The molecule has 20 heavy (non-hydrogen) atoms. The Kier molecular flexibility index (Phi) is 5.44. The summed E-state index contributed by atoms with van der Waals surface area (Å²) in [4.78, 5) is 6.08. The summed E-state index contributed by atoms with van der Waals surface area (Å²) in [6.07, 6.45) is 0.995. The van der Waals surface area contributed by atoms with E-state index in [4.69, 9.17) is 28.2 Å². The first kappa shape index (κ1) is 15.8. The summed E-state index contributed by atoms with van der Waals surface area (Å²) < 4.78 is 0. The highest BCUT2D eigenvalue weighted by atomic mass is 35.5. The Morgan fingerprint density at radius 3 is 2.60 bits per heavy atom. The first-order valence-corrected chi connectivity index (χ1v) is 8.17. The van der Waals surface area contributed by atoms with Crippen LogP contribution in [0.5, 0.6) is 0 Å². The molecule has 0 saturated carbocycles. The van der Waals surface area contributed by atoms with Gasteiger partial charge in [0.05, 0.1) is 15.7 Å². The predicted octanol–water partition coefficient (Wildman–Crippen LogP) is 5.03.